The summed E-state index contributed by atoms with van der Waals surface area (Å²) in [6.07, 6.45) is 1.59. The van der Waals surface area contributed by atoms with Gasteiger partial charge in [0.1, 0.15) is 6.61 Å². The Kier molecular flexibility index (Phi) is 5.35. The molecule has 1 heterocycles. The van der Waals surface area contributed by atoms with Crippen molar-refractivity contribution in [1.29, 1.82) is 0 Å². The minimum Gasteiger partial charge on any atom is -0.486 e. The van der Waals surface area contributed by atoms with Gasteiger partial charge in [0.2, 0.25) is 29.1 Å². The SMILES string of the molecule is Fc1c(F)c(F)c(OCCNC2CCOCC2)c(F)c1F. The van der Waals surface area contributed by atoms with Gasteiger partial charge in [-0.15, -0.1) is 0 Å². The molecule has 0 saturated carbocycles. The van der Waals surface area contributed by atoms with E-state index in [9.17, 15) is 22.0 Å². The van der Waals surface area contributed by atoms with Crippen LogP contribution in [0.2, 0.25) is 0 Å². The third kappa shape index (κ3) is 3.62. The molecule has 1 aliphatic heterocycles. The van der Waals surface area contributed by atoms with E-state index in [4.69, 9.17) is 4.74 Å². The fourth-order valence-electron chi connectivity index (χ4n) is 2.03. The van der Waals surface area contributed by atoms with Crippen molar-refractivity contribution in [3.8, 4) is 5.75 Å². The highest BCUT2D eigenvalue weighted by Gasteiger charge is 2.26. The summed E-state index contributed by atoms with van der Waals surface area (Å²) in [7, 11) is 0. The maximum Gasteiger partial charge on any atom is 0.206 e. The quantitative estimate of drug-likeness (QED) is 0.392. The molecule has 0 aliphatic carbocycles. The molecule has 0 spiro atoms. The largest absolute Gasteiger partial charge is 0.486 e. The Labute approximate surface area is 118 Å². The topological polar surface area (TPSA) is 30.5 Å². The van der Waals surface area contributed by atoms with Crippen molar-refractivity contribution in [3.63, 3.8) is 0 Å². The van der Waals surface area contributed by atoms with Gasteiger partial charge in [-0.2, -0.15) is 8.78 Å². The molecule has 1 aromatic rings. The van der Waals surface area contributed by atoms with Gasteiger partial charge in [-0.1, -0.05) is 0 Å². The molecular formula is C13H14F5NO2. The van der Waals surface area contributed by atoms with Crippen molar-refractivity contribution in [2.24, 2.45) is 0 Å². The second-order valence-corrected chi connectivity index (χ2v) is 4.59. The Bertz CT molecular complexity index is 477. The molecule has 0 aromatic heterocycles. The molecule has 3 nitrogen and oxygen atoms in total. The van der Waals surface area contributed by atoms with E-state index in [1.807, 2.05) is 0 Å². The average Bonchev–Trinajstić information content (AvgIpc) is 2.51. The van der Waals surface area contributed by atoms with E-state index in [1.54, 1.807) is 0 Å². The highest BCUT2D eigenvalue weighted by Crippen LogP contribution is 2.28. The van der Waals surface area contributed by atoms with Crippen LogP contribution >= 0.6 is 0 Å². The van der Waals surface area contributed by atoms with Crippen LogP contribution in [0.3, 0.4) is 0 Å². The predicted molar refractivity (Wildman–Crippen MR) is 63.6 cm³/mol. The summed E-state index contributed by atoms with van der Waals surface area (Å²) in [5.41, 5.74) is 0. The molecule has 1 aliphatic rings. The van der Waals surface area contributed by atoms with Gasteiger partial charge in [-0.3, -0.25) is 0 Å². The lowest BCUT2D eigenvalue weighted by molar-refractivity contribution is 0.0769. The van der Waals surface area contributed by atoms with E-state index < -0.39 is 34.8 Å². The first-order chi connectivity index (χ1) is 10.0. The van der Waals surface area contributed by atoms with Crippen molar-refractivity contribution in [2.45, 2.75) is 18.9 Å². The zero-order valence-electron chi connectivity index (χ0n) is 11.0. The summed E-state index contributed by atoms with van der Waals surface area (Å²) in [5.74, 6) is -11.4. The Morgan fingerprint density at radius 1 is 0.905 bits per heavy atom. The van der Waals surface area contributed by atoms with Crippen LogP contribution in [0.1, 0.15) is 12.8 Å². The van der Waals surface area contributed by atoms with E-state index in [0.717, 1.165) is 12.8 Å². The molecule has 1 saturated heterocycles. The van der Waals surface area contributed by atoms with Gasteiger partial charge >= 0.3 is 0 Å². The maximum atomic E-state index is 13.3. The first kappa shape index (κ1) is 16.0. The molecule has 0 atom stereocenters. The van der Waals surface area contributed by atoms with Gasteiger partial charge < -0.3 is 14.8 Å². The van der Waals surface area contributed by atoms with Gasteiger partial charge in [-0.25, -0.2) is 13.2 Å². The lowest BCUT2D eigenvalue weighted by Gasteiger charge is -2.23. The van der Waals surface area contributed by atoms with Gasteiger partial charge in [-0.05, 0) is 12.8 Å². The van der Waals surface area contributed by atoms with Gasteiger partial charge in [0.05, 0.1) is 0 Å². The van der Waals surface area contributed by atoms with Crippen molar-refractivity contribution >= 4 is 0 Å². The van der Waals surface area contributed by atoms with Crippen molar-refractivity contribution in [3.05, 3.63) is 29.1 Å². The van der Waals surface area contributed by atoms with Crippen LogP contribution in [-0.2, 0) is 4.74 Å². The highest BCUT2D eigenvalue weighted by molar-refractivity contribution is 5.29. The summed E-state index contributed by atoms with van der Waals surface area (Å²) in [6, 6.07) is 0.193. The summed E-state index contributed by atoms with van der Waals surface area (Å²) in [5, 5.41) is 3.06. The molecule has 1 N–H and O–H groups in total. The zero-order chi connectivity index (χ0) is 15.4. The standard InChI is InChI=1S/C13H14F5NO2/c14-8-9(15)11(17)13(12(18)10(8)16)21-6-3-19-7-1-4-20-5-2-7/h7,19H,1-6H2. The van der Waals surface area contributed by atoms with Crippen LogP contribution in [0.15, 0.2) is 0 Å². The van der Waals surface area contributed by atoms with Crippen LogP contribution < -0.4 is 10.1 Å². The molecule has 0 unspecified atom stereocenters. The molecule has 2 rings (SSSR count). The van der Waals surface area contributed by atoms with Crippen LogP contribution in [0.25, 0.3) is 0 Å². The molecule has 0 bridgehead atoms. The number of halogens is 5. The molecular weight excluding hydrogens is 297 g/mol. The molecule has 0 radical (unpaired) electrons. The third-order valence-electron chi connectivity index (χ3n) is 3.17. The fraction of sp³-hybridized carbons (Fsp3) is 0.538. The number of ether oxygens (including phenoxy) is 2. The third-order valence-corrected chi connectivity index (χ3v) is 3.17. The Morgan fingerprint density at radius 2 is 1.43 bits per heavy atom. The minimum atomic E-state index is -2.20. The molecule has 1 fully saturated rings. The number of hydrogen-bond acceptors (Lipinski definition) is 3. The monoisotopic (exact) mass is 311 g/mol. The Hall–Kier alpha value is -1.41. The predicted octanol–water partition coefficient (Wildman–Crippen LogP) is 2.53. The van der Waals surface area contributed by atoms with E-state index in [2.05, 4.69) is 10.1 Å². The first-order valence-electron chi connectivity index (χ1n) is 6.47. The van der Waals surface area contributed by atoms with Crippen molar-refractivity contribution in [1.82, 2.24) is 5.32 Å². The second-order valence-electron chi connectivity index (χ2n) is 4.59. The molecule has 1 aromatic carbocycles. The summed E-state index contributed by atoms with van der Waals surface area (Å²) < 4.78 is 75.1. The molecule has 8 heteroatoms. The summed E-state index contributed by atoms with van der Waals surface area (Å²) in [4.78, 5) is 0. The number of hydrogen-bond donors (Lipinski definition) is 1. The van der Waals surface area contributed by atoms with Crippen molar-refractivity contribution in [2.75, 3.05) is 26.4 Å². The zero-order valence-corrected chi connectivity index (χ0v) is 11.0. The maximum absolute atomic E-state index is 13.3. The highest BCUT2D eigenvalue weighted by atomic mass is 19.2. The van der Waals surface area contributed by atoms with Gasteiger partial charge in [0, 0.05) is 25.8 Å². The number of nitrogens with one attached hydrogen (secondary N) is 1. The van der Waals surface area contributed by atoms with Crippen LogP contribution in [0, 0.1) is 29.1 Å². The van der Waals surface area contributed by atoms with Gasteiger partial charge in [0.15, 0.2) is 5.75 Å². The smallest absolute Gasteiger partial charge is 0.206 e. The van der Waals surface area contributed by atoms with Gasteiger partial charge in [0.25, 0.3) is 0 Å². The molecule has 21 heavy (non-hydrogen) atoms. The first-order valence-corrected chi connectivity index (χ1v) is 6.47. The van der Waals surface area contributed by atoms with E-state index in [-0.39, 0.29) is 19.2 Å². The van der Waals surface area contributed by atoms with Crippen molar-refractivity contribution < 1.29 is 31.4 Å². The number of benzene rings is 1. The Morgan fingerprint density at radius 3 is 2.00 bits per heavy atom. The van der Waals surface area contributed by atoms with Crippen LogP contribution in [-0.4, -0.2) is 32.4 Å². The normalized spacial score (nSPS) is 16.2. The fourth-order valence-corrected chi connectivity index (χ4v) is 2.03. The lowest BCUT2D eigenvalue weighted by atomic mass is 10.1. The minimum absolute atomic E-state index is 0.193. The van der Waals surface area contributed by atoms with Crippen LogP contribution in [0.4, 0.5) is 22.0 Å². The summed E-state index contributed by atoms with van der Waals surface area (Å²) in [6.45, 7) is 1.26. The van der Waals surface area contributed by atoms with E-state index in [1.165, 1.54) is 0 Å². The van der Waals surface area contributed by atoms with E-state index in [0.29, 0.717) is 13.2 Å². The van der Waals surface area contributed by atoms with Crippen LogP contribution in [0.5, 0.6) is 5.75 Å². The summed E-state index contributed by atoms with van der Waals surface area (Å²) >= 11 is 0. The molecule has 0 amide bonds. The second kappa shape index (κ2) is 7.04. The van der Waals surface area contributed by atoms with E-state index >= 15 is 0 Å². The molecule has 118 valence electrons. The Balaban J connectivity index is 1.91. The average molecular weight is 311 g/mol. The lowest BCUT2D eigenvalue weighted by Crippen LogP contribution is -2.37. The number of rotatable bonds is 5.